The molecule has 0 spiro atoms. The Labute approximate surface area is 121 Å². The highest BCUT2D eigenvalue weighted by atomic mass is 32.1. The Hall–Kier alpha value is -0.450. The molecule has 0 fully saturated rings. The van der Waals surface area contributed by atoms with Crippen molar-refractivity contribution in [3.63, 3.8) is 0 Å². The van der Waals surface area contributed by atoms with Gasteiger partial charge in [0.25, 0.3) is 0 Å². The van der Waals surface area contributed by atoms with E-state index in [0.717, 1.165) is 31.6 Å². The maximum atomic E-state index is 6.10. The lowest BCUT2D eigenvalue weighted by Gasteiger charge is -2.39. The van der Waals surface area contributed by atoms with E-state index in [1.807, 2.05) is 7.05 Å². The summed E-state index contributed by atoms with van der Waals surface area (Å²) in [7, 11) is 2.02. The minimum absolute atomic E-state index is 0.0863. The molecule has 0 aliphatic carbocycles. The zero-order valence-electron chi connectivity index (χ0n) is 13.2. The molecule has 0 aliphatic rings. The monoisotopic (exact) mass is 284 g/mol. The number of likely N-dealkylation sites (N-methyl/N-ethyl adjacent to an activating group) is 1. The van der Waals surface area contributed by atoms with Crippen LogP contribution in [-0.4, -0.2) is 30.3 Å². The summed E-state index contributed by atoms with van der Waals surface area (Å²) >= 11 is 1.81. The lowest BCUT2D eigenvalue weighted by molar-refractivity contribution is -0.0703. The van der Waals surface area contributed by atoms with Crippen molar-refractivity contribution >= 4 is 11.3 Å². The molecule has 0 radical (unpaired) electrons. The fourth-order valence-electron chi connectivity index (χ4n) is 2.69. The van der Waals surface area contributed by atoms with Gasteiger partial charge in [0.2, 0.25) is 0 Å². The van der Waals surface area contributed by atoms with E-state index in [-0.39, 0.29) is 5.60 Å². The van der Waals surface area contributed by atoms with Crippen molar-refractivity contribution in [3.8, 4) is 0 Å². The number of nitrogens with zero attached hydrogens (tertiary/aromatic N) is 1. The Kier molecular flexibility index (Phi) is 6.43. The average Bonchev–Trinajstić information content (AvgIpc) is 2.72. The Morgan fingerprint density at radius 3 is 2.26 bits per heavy atom. The summed E-state index contributed by atoms with van der Waals surface area (Å²) in [5.41, 5.74) is 1.07. The first-order chi connectivity index (χ1) is 9.02. The first kappa shape index (κ1) is 16.6. The van der Waals surface area contributed by atoms with Crippen molar-refractivity contribution in [1.82, 2.24) is 10.3 Å². The topological polar surface area (TPSA) is 34.1 Å². The molecule has 1 rings (SSSR count). The molecule has 1 N–H and O–H groups in total. The quantitative estimate of drug-likeness (QED) is 0.793. The Morgan fingerprint density at radius 1 is 1.26 bits per heavy atom. The van der Waals surface area contributed by atoms with Crippen molar-refractivity contribution in [3.05, 3.63) is 15.6 Å². The van der Waals surface area contributed by atoms with E-state index in [2.05, 4.69) is 44.9 Å². The maximum Gasteiger partial charge on any atom is 0.0947 e. The van der Waals surface area contributed by atoms with E-state index in [9.17, 15) is 0 Å². The highest BCUT2D eigenvalue weighted by Gasteiger charge is 2.36. The van der Waals surface area contributed by atoms with Gasteiger partial charge in [-0.05, 0) is 40.7 Å². The van der Waals surface area contributed by atoms with Crippen molar-refractivity contribution in [1.29, 1.82) is 0 Å². The van der Waals surface area contributed by atoms with Gasteiger partial charge in [-0.3, -0.25) is 0 Å². The van der Waals surface area contributed by atoms with Crippen LogP contribution in [0.1, 0.15) is 49.2 Å². The summed E-state index contributed by atoms with van der Waals surface area (Å²) in [5.74, 6) is 0. The van der Waals surface area contributed by atoms with E-state index in [4.69, 9.17) is 4.74 Å². The Morgan fingerprint density at radius 2 is 1.89 bits per heavy atom. The minimum Gasteiger partial charge on any atom is -0.374 e. The number of nitrogens with one attached hydrogen (secondary N) is 1. The van der Waals surface area contributed by atoms with Gasteiger partial charge in [0.15, 0.2) is 0 Å². The first-order valence-corrected chi connectivity index (χ1v) is 8.08. The second-order valence-electron chi connectivity index (χ2n) is 5.00. The zero-order valence-corrected chi connectivity index (χ0v) is 14.0. The van der Waals surface area contributed by atoms with Crippen LogP contribution in [-0.2, 0) is 11.2 Å². The molecule has 1 aromatic heterocycles. The fraction of sp³-hybridized carbons (Fsp3) is 0.800. The van der Waals surface area contributed by atoms with Crippen LogP contribution in [0.4, 0.5) is 0 Å². The highest BCUT2D eigenvalue weighted by Crippen LogP contribution is 2.28. The smallest absolute Gasteiger partial charge is 0.0947 e. The molecule has 0 aliphatic heterocycles. The van der Waals surface area contributed by atoms with Gasteiger partial charge in [0.05, 0.1) is 16.3 Å². The zero-order chi connectivity index (χ0) is 14.5. The standard InChI is InChI=1S/C15H28N2OS/c1-7-15(8-2,18-9-3)13(16-6)10-14-17-11(4)12(5)19-14/h13,16H,7-10H2,1-6H3. The molecule has 0 bridgehead atoms. The van der Waals surface area contributed by atoms with Crippen LogP contribution in [0.2, 0.25) is 0 Å². The summed E-state index contributed by atoms with van der Waals surface area (Å²) in [5, 5.41) is 4.66. The van der Waals surface area contributed by atoms with Crippen LogP contribution >= 0.6 is 11.3 Å². The summed E-state index contributed by atoms with van der Waals surface area (Å²) in [6.45, 7) is 11.5. The molecule has 1 atom stereocenters. The van der Waals surface area contributed by atoms with Crippen LogP contribution in [0.3, 0.4) is 0 Å². The van der Waals surface area contributed by atoms with Crippen molar-refractivity contribution in [2.45, 2.75) is 65.5 Å². The first-order valence-electron chi connectivity index (χ1n) is 7.27. The summed E-state index contributed by atoms with van der Waals surface area (Å²) < 4.78 is 6.10. The molecule has 1 aromatic rings. The van der Waals surface area contributed by atoms with Gasteiger partial charge in [0.1, 0.15) is 0 Å². The lowest BCUT2D eigenvalue weighted by atomic mass is 9.86. The van der Waals surface area contributed by atoms with Gasteiger partial charge >= 0.3 is 0 Å². The Balaban J connectivity index is 2.91. The number of ether oxygens (including phenoxy) is 1. The van der Waals surface area contributed by atoms with Crippen LogP contribution in [0.5, 0.6) is 0 Å². The molecule has 4 heteroatoms. The average molecular weight is 284 g/mol. The molecule has 0 saturated heterocycles. The molecule has 1 heterocycles. The third kappa shape index (κ3) is 3.77. The van der Waals surface area contributed by atoms with Gasteiger partial charge in [-0.25, -0.2) is 4.98 Å². The van der Waals surface area contributed by atoms with Crippen molar-refractivity contribution < 1.29 is 4.74 Å². The third-order valence-corrected chi connectivity index (χ3v) is 5.16. The number of aryl methyl sites for hydroxylation is 2. The predicted molar refractivity (Wildman–Crippen MR) is 83.1 cm³/mol. The second kappa shape index (κ2) is 7.36. The van der Waals surface area contributed by atoms with E-state index in [1.54, 1.807) is 11.3 Å². The van der Waals surface area contributed by atoms with Crippen LogP contribution in [0.25, 0.3) is 0 Å². The third-order valence-electron chi connectivity index (χ3n) is 4.06. The number of thiazole rings is 1. The number of hydrogen-bond donors (Lipinski definition) is 1. The fourth-order valence-corrected chi connectivity index (χ4v) is 3.67. The van der Waals surface area contributed by atoms with Gasteiger partial charge in [-0.15, -0.1) is 11.3 Å². The number of aromatic nitrogens is 1. The normalized spacial score (nSPS) is 13.8. The molecule has 0 amide bonds. The number of hydrogen-bond acceptors (Lipinski definition) is 4. The van der Waals surface area contributed by atoms with Gasteiger partial charge in [-0.1, -0.05) is 13.8 Å². The second-order valence-corrected chi connectivity index (χ2v) is 6.29. The molecule has 3 nitrogen and oxygen atoms in total. The molecule has 1 unspecified atom stereocenters. The van der Waals surface area contributed by atoms with Crippen LogP contribution in [0.15, 0.2) is 0 Å². The van der Waals surface area contributed by atoms with E-state index < -0.39 is 0 Å². The predicted octanol–water partition coefficient (Wildman–Crippen LogP) is 3.49. The van der Waals surface area contributed by atoms with Gasteiger partial charge < -0.3 is 10.1 Å². The van der Waals surface area contributed by atoms with E-state index in [0.29, 0.717) is 6.04 Å². The van der Waals surface area contributed by atoms with Gasteiger partial charge in [0, 0.05) is 23.9 Å². The van der Waals surface area contributed by atoms with E-state index >= 15 is 0 Å². The summed E-state index contributed by atoms with van der Waals surface area (Å²) in [6.07, 6.45) is 2.98. The maximum absolute atomic E-state index is 6.10. The van der Waals surface area contributed by atoms with Crippen molar-refractivity contribution in [2.24, 2.45) is 0 Å². The van der Waals surface area contributed by atoms with E-state index in [1.165, 1.54) is 9.88 Å². The van der Waals surface area contributed by atoms with Gasteiger partial charge in [-0.2, -0.15) is 0 Å². The highest BCUT2D eigenvalue weighted by molar-refractivity contribution is 7.11. The Bertz CT molecular complexity index is 366. The summed E-state index contributed by atoms with van der Waals surface area (Å²) in [6, 6.07) is 0.312. The SMILES string of the molecule is CCOC(CC)(CC)C(Cc1nc(C)c(C)s1)NC. The molecule has 110 valence electrons. The minimum atomic E-state index is -0.0863. The van der Waals surface area contributed by atoms with Crippen molar-refractivity contribution in [2.75, 3.05) is 13.7 Å². The lowest BCUT2D eigenvalue weighted by Crippen LogP contribution is -2.52. The van der Waals surface area contributed by atoms with Crippen LogP contribution in [0, 0.1) is 13.8 Å². The number of rotatable bonds is 8. The molecule has 0 saturated carbocycles. The molecular weight excluding hydrogens is 256 g/mol. The molecule has 19 heavy (non-hydrogen) atoms. The largest absolute Gasteiger partial charge is 0.374 e. The molecular formula is C15H28N2OS. The molecule has 0 aromatic carbocycles. The summed E-state index contributed by atoms with van der Waals surface area (Å²) in [4.78, 5) is 5.98. The van der Waals surface area contributed by atoms with Crippen LogP contribution < -0.4 is 5.32 Å².